The van der Waals surface area contributed by atoms with Crippen molar-refractivity contribution >= 4 is 11.6 Å². The molecule has 0 saturated heterocycles. The van der Waals surface area contributed by atoms with Gasteiger partial charge in [0.05, 0.1) is 0 Å². The molecule has 5 rings (SSSR count). The zero-order valence-corrected chi connectivity index (χ0v) is 19.3. The van der Waals surface area contributed by atoms with Gasteiger partial charge >= 0.3 is 0 Å². The first kappa shape index (κ1) is 20.9. The second kappa shape index (κ2) is 6.10. The van der Waals surface area contributed by atoms with Gasteiger partial charge in [0.25, 0.3) is 0 Å². The Morgan fingerprint density at radius 1 is 1.03 bits per heavy atom. The van der Waals surface area contributed by atoms with Crippen LogP contribution in [0, 0.1) is 28.1 Å². The number of aliphatic hydroxyl groups excluding tert-OH is 1. The fourth-order valence-electron chi connectivity index (χ4n) is 7.93. The van der Waals surface area contributed by atoms with Crippen LogP contribution in [0.25, 0.3) is 0 Å². The van der Waals surface area contributed by atoms with Crippen molar-refractivity contribution in [2.75, 3.05) is 0 Å². The summed E-state index contributed by atoms with van der Waals surface area (Å²) in [5, 5.41) is 21.1. The highest BCUT2D eigenvalue weighted by molar-refractivity contribution is 6.06. The molecule has 2 N–H and O–H groups in total. The molecule has 0 bridgehead atoms. The standard InChI is InChI=1S/C27H34O4/c1-15-16-6-7-19-17(18(16)12-20(28)23(15)30)8-9-26(4)21-13-27(5,31)22(29)14-24(21,2)10-11-25(19,26)3/h6-7,12,17,21,30-31H,8-11,13-14H2,1-5H3. The Hall–Kier alpha value is -1.94. The third-order valence-corrected chi connectivity index (χ3v) is 10.2. The molecule has 31 heavy (non-hydrogen) atoms. The Kier molecular flexibility index (Phi) is 4.12. The van der Waals surface area contributed by atoms with Gasteiger partial charge in [-0.2, -0.15) is 0 Å². The Labute approximate surface area is 184 Å². The molecule has 0 spiro atoms. The van der Waals surface area contributed by atoms with Crippen LogP contribution >= 0.6 is 0 Å². The molecule has 0 heterocycles. The Balaban J connectivity index is 1.62. The third-order valence-electron chi connectivity index (χ3n) is 10.2. The van der Waals surface area contributed by atoms with Crippen molar-refractivity contribution in [1.82, 2.24) is 0 Å². The average Bonchev–Trinajstić information content (AvgIpc) is 2.70. The van der Waals surface area contributed by atoms with Crippen molar-refractivity contribution < 1.29 is 19.8 Å². The molecule has 6 atom stereocenters. The molecule has 5 aliphatic rings. The molecule has 0 aromatic rings. The van der Waals surface area contributed by atoms with Crippen LogP contribution in [0.5, 0.6) is 0 Å². The maximum atomic E-state index is 12.7. The van der Waals surface area contributed by atoms with E-state index in [0.29, 0.717) is 18.4 Å². The molecular weight excluding hydrogens is 388 g/mol. The maximum absolute atomic E-state index is 12.7. The van der Waals surface area contributed by atoms with E-state index in [-0.39, 0.29) is 45.4 Å². The Bertz CT molecular complexity index is 1040. The van der Waals surface area contributed by atoms with Gasteiger partial charge in [-0.05, 0) is 85.3 Å². The summed E-state index contributed by atoms with van der Waals surface area (Å²) in [6.07, 6.45) is 10.9. The van der Waals surface area contributed by atoms with E-state index in [0.717, 1.165) is 36.8 Å². The van der Waals surface area contributed by atoms with E-state index in [9.17, 15) is 19.8 Å². The largest absolute Gasteiger partial charge is 0.504 e. The second-order valence-electron chi connectivity index (χ2n) is 11.8. The van der Waals surface area contributed by atoms with Gasteiger partial charge in [0.1, 0.15) is 5.60 Å². The highest BCUT2D eigenvalue weighted by Gasteiger charge is 2.66. The predicted molar refractivity (Wildman–Crippen MR) is 119 cm³/mol. The van der Waals surface area contributed by atoms with Crippen LogP contribution in [-0.4, -0.2) is 27.4 Å². The Morgan fingerprint density at radius 3 is 2.45 bits per heavy atom. The van der Waals surface area contributed by atoms with Crippen LogP contribution in [0.3, 0.4) is 0 Å². The van der Waals surface area contributed by atoms with Crippen molar-refractivity contribution in [1.29, 1.82) is 0 Å². The van der Waals surface area contributed by atoms with Gasteiger partial charge in [-0.15, -0.1) is 0 Å². The third kappa shape index (κ3) is 2.51. The highest BCUT2D eigenvalue weighted by Crippen LogP contribution is 2.72. The topological polar surface area (TPSA) is 74.6 Å². The van der Waals surface area contributed by atoms with E-state index in [1.807, 2.05) is 6.92 Å². The van der Waals surface area contributed by atoms with E-state index < -0.39 is 5.60 Å². The normalized spacial score (nSPS) is 46.8. The summed E-state index contributed by atoms with van der Waals surface area (Å²) in [6.45, 7) is 10.5. The van der Waals surface area contributed by atoms with E-state index >= 15 is 0 Å². The van der Waals surface area contributed by atoms with E-state index in [1.54, 1.807) is 13.0 Å². The molecule has 166 valence electrons. The summed E-state index contributed by atoms with van der Waals surface area (Å²) in [4.78, 5) is 25.1. The van der Waals surface area contributed by atoms with Crippen LogP contribution in [0.1, 0.15) is 73.1 Å². The number of aliphatic hydroxyl groups is 2. The summed E-state index contributed by atoms with van der Waals surface area (Å²) >= 11 is 0. The van der Waals surface area contributed by atoms with Crippen molar-refractivity contribution in [2.24, 2.45) is 28.1 Å². The first-order valence-electron chi connectivity index (χ1n) is 11.7. The van der Waals surface area contributed by atoms with Crippen molar-refractivity contribution in [3.8, 4) is 0 Å². The van der Waals surface area contributed by atoms with E-state index in [1.165, 1.54) is 5.57 Å². The van der Waals surface area contributed by atoms with Crippen LogP contribution in [0.15, 0.2) is 46.3 Å². The molecule has 3 saturated carbocycles. The van der Waals surface area contributed by atoms with Gasteiger partial charge in [-0.3, -0.25) is 9.59 Å². The fraction of sp³-hybridized carbons (Fsp3) is 0.630. The molecular formula is C27H34O4. The van der Waals surface area contributed by atoms with Gasteiger partial charge in [-0.25, -0.2) is 0 Å². The summed E-state index contributed by atoms with van der Waals surface area (Å²) in [6, 6.07) is 0. The molecule has 5 aliphatic carbocycles. The average molecular weight is 423 g/mol. The van der Waals surface area contributed by atoms with E-state index in [2.05, 4.69) is 32.9 Å². The minimum Gasteiger partial charge on any atom is -0.504 e. The molecule has 0 radical (unpaired) electrons. The second-order valence-corrected chi connectivity index (χ2v) is 11.8. The highest BCUT2D eigenvalue weighted by atomic mass is 16.3. The van der Waals surface area contributed by atoms with Gasteiger partial charge in [0.15, 0.2) is 11.5 Å². The number of rotatable bonds is 0. The minimum atomic E-state index is -1.24. The molecule has 4 nitrogen and oxygen atoms in total. The number of allylic oxidation sites excluding steroid dienone is 7. The lowest BCUT2D eigenvalue weighted by atomic mass is 9.36. The molecule has 4 heteroatoms. The van der Waals surface area contributed by atoms with Crippen LogP contribution in [0.2, 0.25) is 0 Å². The molecule has 6 unspecified atom stereocenters. The van der Waals surface area contributed by atoms with E-state index in [4.69, 9.17) is 0 Å². The number of carbonyl (C=O) groups is 2. The monoisotopic (exact) mass is 422 g/mol. The summed E-state index contributed by atoms with van der Waals surface area (Å²) in [7, 11) is 0. The van der Waals surface area contributed by atoms with Gasteiger partial charge < -0.3 is 10.2 Å². The summed E-state index contributed by atoms with van der Waals surface area (Å²) in [5.41, 5.74) is 2.72. The van der Waals surface area contributed by atoms with Crippen molar-refractivity contribution in [3.05, 3.63) is 46.3 Å². The fourth-order valence-corrected chi connectivity index (χ4v) is 7.93. The number of carbonyl (C=O) groups excluding carboxylic acids is 2. The predicted octanol–water partition coefficient (Wildman–Crippen LogP) is 5.15. The molecule has 0 aromatic heterocycles. The Morgan fingerprint density at radius 2 is 1.74 bits per heavy atom. The smallest absolute Gasteiger partial charge is 0.220 e. The lowest BCUT2D eigenvalue weighted by Crippen LogP contribution is -2.63. The van der Waals surface area contributed by atoms with Gasteiger partial charge in [-0.1, -0.05) is 38.5 Å². The lowest BCUT2D eigenvalue weighted by Gasteiger charge is -2.67. The van der Waals surface area contributed by atoms with Gasteiger partial charge in [0, 0.05) is 17.9 Å². The minimum absolute atomic E-state index is 0.00969. The summed E-state index contributed by atoms with van der Waals surface area (Å²) in [5.74, 6) is 0.0275. The van der Waals surface area contributed by atoms with Crippen molar-refractivity contribution in [3.63, 3.8) is 0 Å². The zero-order valence-electron chi connectivity index (χ0n) is 19.3. The molecule has 3 fully saturated rings. The first-order chi connectivity index (χ1) is 14.3. The zero-order chi connectivity index (χ0) is 22.6. The van der Waals surface area contributed by atoms with Gasteiger partial charge in [0.2, 0.25) is 5.78 Å². The van der Waals surface area contributed by atoms with Crippen LogP contribution in [-0.2, 0) is 9.59 Å². The lowest BCUT2D eigenvalue weighted by molar-refractivity contribution is -0.181. The molecule has 0 aromatic carbocycles. The number of Topliss-reactive ketones (excluding diaryl/α,β-unsaturated/α-hetero) is 1. The quantitative estimate of drug-likeness (QED) is 0.566. The van der Waals surface area contributed by atoms with Crippen LogP contribution in [0.4, 0.5) is 0 Å². The molecule has 0 aliphatic heterocycles. The molecule has 0 amide bonds. The maximum Gasteiger partial charge on any atom is 0.220 e. The number of ketones is 2. The van der Waals surface area contributed by atoms with Crippen LogP contribution < -0.4 is 0 Å². The SMILES string of the molecule is CC1=C(O)C(=O)C=C2C1=CC=C1C2CCC2(C)C3CC(C)(O)C(=O)CC3(C)CCC12C. The number of hydrogen-bond acceptors (Lipinski definition) is 4. The first-order valence-corrected chi connectivity index (χ1v) is 11.7. The number of fused-ring (bicyclic) bond motifs is 7. The number of hydrogen-bond donors (Lipinski definition) is 2. The summed E-state index contributed by atoms with van der Waals surface area (Å²) < 4.78 is 0. The van der Waals surface area contributed by atoms with Crippen molar-refractivity contribution in [2.45, 2.75) is 78.7 Å².